The third-order valence-corrected chi connectivity index (χ3v) is 5.52. The van der Waals surface area contributed by atoms with E-state index in [0.29, 0.717) is 12.0 Å². The van der Waals surface area contributed by atoms with Crippen molar-refractivity contribution in [1.82, 2.24) is 0 Å². The minimum atomic E-state index is -4.88. The van der Waals surface area contributed by atoms with Crippen molar-refractivity contribution < 1.29 is 27.4 Å². The molecule has 0 spiro atoms. The van der Waals surface area contributed by atoms with E-state index in [0.717, 1.165) is 57.5 Å². The van der Waals surface area contributed by atoms with Gasteiger partial charge in [-0.15, -0.1) is 0 Å². The average molecular weight is 350 g/mol. The second-order valence-corrected chi connectivity index (χ2v) is 7.28. The van der Waals surface area contributed by atoms with E-state index in [1.807, 2.05) is 0 Å². The van der Waals surface area contributed by atoms with E-state index in [1.165, 1.54) is 12.8 Å². The number of esters is 1. The number of carbonyl (C=O) groups is 1. The van der Waals surface area contributed by atoms with Gasteiger partial charge in [-0.1, -0.05) is 6.92 Å². The molecule has 0 bridgehead atoms. The molecule has 2 rings (SSSR count). The van der Waals surface area contributed by atoms with Crippen LogP contribution in [0.3, 0.4) is 0 Å². The lowest BCUT2D eigenvalue weighted by Gasteiger charge is -2.37. The third kappa shape index (κ3) is 5.94. The van der Waals surface area contributed by atoms with Crippen molar-refractivity contribution in [2.75, 3.05) is 13.2 Å². The van der Waals surface area contributed by atoms with Crippen molar-refractivity contribution in [2.45, 2.75) is 77.0 Å². The van der Waals surface area contributed by atoms with Crippen LogP contribution in [-0.4, -0.2) is 31.5 Å². The van der Waals surface area contributed by atoms with Crippen molar-refractivity contribution >= 4 is 5.97 Å². The van der Waals surface area contributed by atoms with E-state index in [1.54, 1.807) is 0 Å². The Balaban J connectivity index is 1.64. The maximum atomic E-state index is 12.1. The van der Waals surface area contributed by atoms with Crippen molar-refractivity contribution in [3.63, 3.8) is 0 Å². The van der Waals surface area contributed by atoms with Crippen LogP contribution in [0.2, 0.25) is 0 Å². The zero-order valence-electron chi connectivity index (χ0n) is 14.4. The van der Waals surface area contributed by atoms with Gasteiger partial charge in [-0.3, -0.25) is 0 Å². The first-order valence-corrected chi connectivity index (χ1v) is 9.25. The largest absolute Gasteiger partial charge is 0.490 e. The molecule has 0 aromatic carbocycles. The first kappa shape index (κ1) is 19.5. The predicted molar refractivity (Wildman–Crippen MR) is 84.5 cm³/mol. The molecular formula is C18H29F3O3. The molecule has 2 aliphatic rings. The van der Waals surface area contributed by atoms with Crippen molar-refractivity contribution in [2.24, 2.45) is 17.8 Å². The van der Waals surface area contributed by atoms with Crippen LogP contribution < -0.4 is 0 Å². The van der Waals surface area contributed by atoms with E-state index in [9.17, 15) is 18.0 Å². The lowest BCUT2D eigenvalue weighted by Crippen LogP contribution is -2.31. The second-order valence-electron chi connectivity index (χ2n) is 7.28. The van der Waals surface area contributed by atoms with Gasteiger partial charge in [-0.05, 0) is 75.5 Å². The highest BCUT2D eigenvalue weighted by Crippen LogP contribution is 2.40. The summed E-state index contributed by atoms with van der Waals surface area (Å²) in [7, 11) is 0. The standard InChI is InChI=1S/C18H29F3O3/c1-2-11-23-16-9-7-15(8-10-16)14-5-3-13(4-6-14)12-24-17(22)18(19,20)21/h13-16H,2-12H2,1H3. The fraction of sp³-hybridized carbons (Fsp3) is 0.944. The molecule has 0 aromatic rings. The van der Waals surface area contributed by atoms with Crippen molar-refractivity contribution in [1.29, 1.82) is 0 Å². The molecule has 0 amide bonds. The van der Waals surface area contributed by atoms with E-state index in [2.05, 4.69) is 11.7 Å². The van der Waals surface area contributed by atoms with Gasteiger partial charge < -0.3 is 9.47 Å². The molecule has 2 aliphatic carbocycles. The molecule has 0 N–H and O–H groups in total. The lowest BCUT2D eigenvalue weighted by atomic mass is 9.71. The van der Waals surface area contributed by atoms with E-state index < -0.39 is 12.1 Å². The van der Waals surface area contributed by atoms with Gasteiger partial charge in [0.05, 0.1) is 12.7 Å². The van der Waals surface area contributed by atoms with Gasteiger partial charge in [0, 0.05) is 6.61 Å². The third-order valence-electron chi connectivity index (χ3n) is 5.52. The number of carbonyl (C=O) groups excluding carboxylic acids is 1. The number of rotatable bonds is 6. The van der Waals surface area contributed by atoms with Crippen LogP contribution in [-0.2, 0) is 14.3 Å². The quantitative estimate of drug-likeness (QED) is 0.640. The maximum Gasteiger partial charge on any atom is 0.490 e. The van der Waals surface area contributed by atoms with Crippen LogP contribution in [0.4, 0.5) is 13.2 Å². The summed E-state index contributed by atoms with van der Waals surface area (Å²) in [5.74, 6) is -0.580. The number of ether oxygens (including phenoxy) is 2. The zero-order valence-corrected chi connectivity index (χ0v) is 14.4. The summed E-state index contributed by atoms with van der Waals surface area (Å²) in [6.45, 7) is 2.87. The summed E-state index contributed by atoms with van der Waals surface area (Å²) in [4.78, 5) is 10.8. The SMILES string of the molecule is CCCOC1CCC(C2CCC(COC(=O)C(F)(F)F)CC2)CC1. The van der Waals surface area contributed by atoms with Crippen LogP contribution in [0.5, 0.6) is 0 Å². The minimum Gasteiger partial charge on any atom is -0.459 e. The highest BCUT2D eigenvalue weighted by molar-refractivity contribution is 5.75. The molecule has 0 radical (unpaired) electrons. The van der Waals surface area contributed by atoms with Gasteiger partial charge in [0.2, 0.25) is 0 Å². The van der Waals surface area contributed by atoms with Crippen LogP contribution in [0, 0.1) is 17.8 Å². The molecule has 0 aromatic heterocycles. The molecule has 0 unspecified atom stereocenters. The van der Waals surface area contributed by atoms with Crippen LogP contribution in [0.1, 0.15) is 64.7 Å². The Bertz CT molecular complexity index is 381. The van der Waals surface area contributed by atoms with E-state index >= 15 is 0 Å². The van der Waals surface area contributed by atoms with Crippen molar-refractivity contribution in [3.05, 3.63) is 0 Å². The van der Waals surface area contributed by atoms with Crippen LogP contribution in [0.15, 0.2) is 0 Å². The fourth-order valence-corrected chi connectivity index (χ4v) is 4.11. The first-order chi connectivity index (χ1) is 11.4. The van der Waals surface area contributed by atoms with Gasteiger partial charge in [0.25, 0.3) is 0 Å². The highest BCUT2D eigenvalue weighted by atomic mass is 19.4. The molecule has 0 atom stereocenters. The first-order valence-electron chi connectivity index (χ1n) is 9.25. The van der Waals surface area contributed by atoms with Crippen molar-refractivity contribution in [3.8, 4) is 0 Å². The molecule has 2 fully saturated rings. The van der Waals surface area contributed by atoms with Gasteiger partial charge in [-0.2, -0.15) is 13.2 Å². The molecule has 0 saturated heterocycles. The Hall–Kier alpha value is -0.780. The van der Waals surface area contributed by atoms with Gasteiger partial charge in [-0.25, -0.2) is 4.79 Å². The molecule has 24 heavy (non-hydrogen) atoms. The summed E-state index contributed by atoms with van der Waals surface area (Å²) in [6, 6.07) is 0. The van der Waals surface area contributed by atoms with E-state index in [-0.39, 0.29) is 12.5 Å². The molecule has 0 aliphatic heterocycles. The molecule has 3 nitrogen and oxygen atoms in total. The monoisotopic (exact) mass is 350 g/mol. The predicted octanol–water partition coefficient (Wildman–Crippen LogP) is 4.88. The van der Waals surface area contributed by atoms with Crippen LogP contribution in [0.25, 0.3) is 0 Å². The maximum absolute atomic E-state index is 12.1. The summed E-state index contributed by atoms with van der Waals surface area (Å²) in [5.41, 5.74) is 0. The summed E-state index contributed by atoms with van der Waals surface area (Å²) < 4.78 is 46.6. The Labute approximate surface area is 142 Å². The molecule has 6 heteroatoms. The summed E-state index contributed by atoms with van der Waals surface area (Å²) in [5, 5.41) is 0. The Morgan fingerprint density at radius 1 is 0.958 bits per heavy atom. The van der Waals surface area contributed by atoms with Gasteiger partial charge in [0.1, 0.15) is 0 Å². The molecule has 140 valence electrons. The van der Waals surface area contributed by atoms with E-state index in [4.69, 9.17) is 4.74 Å². The Kier molecular flexibility index (Phi) is 7.38. The summed E-state index contributed by atoms with van der Waals surface area (Å²) in [6.07, 6.45) is 5.07. The average Bonchev–Trinajstić information content (AvgIpc) is 2.58. The lowest BCUT2D eigenvalue weighted by molar-refractivity contribution is -0.201. The highest BCUT2D eigenvalue weighted by Gasteiger charge is 2.41. The molecule has 2 saturated carbocycles. The fourth-order valence-electron chi connectivity index (χ4n) is 4.11. The number of hydrogen-bond donors (Lipinski definition) is 0. The number of alkyl halides is 3. The summed E-state index contributed by atoms with van der Waals surface area (Å²) >= 11 is 0. The van der Waals surface area contributed by atoms with Crippen LogP contribution >= 0.6 is 0 Å². The zero-order chi connectivity index (χ0) is 17.6. The smallest absolute Gasteiger partial charge is 0.459 e. The second kappa shape index (κ2) is 9.07. The van der Waals surface area contributed by atoms with Gasteiger partial charge in [0.15, 0.2) is 0 Å². The molecule has 0 heterocycles. The Morgan fingerprint density at radius 3 is 2.00 bits per heavy atom. The molecular weight excluding hydrogens is 321 g/mol. The Morgan fingerprint density at radius 2 is 1.50 bits per heavy atom. The number of halogens is 3. The minimum absolute atomic E-state index is 0.0803. The number of hydrogen-bond acceptors (Lipinski definition) is 3. The van der Waals surface area contributed by atoms with Gasteiger partial charge >= 0.3 is 12.1 Å². The topological polar surface area (TPSA) is 35.5 Å². The normalized spacial score (nSPS) is 31.7.